The fourth-order valence-electron chi connectivity index (χ4n) is 1.91. The van der Waals surface area contributed by atoms with Gasteiger partial charge in [-0.2, -0.15) is 9.78 Å². The number of phenolic OH excluding ortho intramolecular Hbond substituents is 1. The van der Waals surface area contributed by atoms with Gasteiger partial charge in [-0.05, 0) is 25.3 Å². The van der Waals surface area contributed by atoms with Crippen LogP contribution in [0, 0.1) is 0 Å². The molecule has 1 N–H and O–H groups in total. The lowest BCUT2D eigenvalue weighted by molar-refractivity contribution is 0.318. The number of hydrogen-bond acceptors (Lipinski definition) is 6. The summed E-state index contributed by atoms with van der Waals surface area (Å²) in [6.45, 7) is 6.44. The Balaban J connectivity index is 2.37. The van der Waals surface area contributed by atoms with Crippen molar-refractivity contribution in [3.8, 4) is 11.5 Å². The summed E-state index contributed by atoms with van der Waals surface area (Å²) in [6, 6.07) is 5.32. The van der Waals surface area contributed by atoms with Gasteiger partial charge >= 0.3 is 0 Å². The number of benzene rings is 1. The van der Waals surface area contributed by atoms with Crippen molar-refractivity contribution in [1.29, 1.82) is 0 Å². The second kappa shape index (κ2) is 7.31. The first-order valence-electron chi connectivity index (χ1n) is 7.06. The van der Waals surface area contributed by atoms with Gasteiger partial charge in [-0.15, -0.1) is 10.2 Å². The first kappa shape index (κ1) is 16.4. The average molecular weight is 320 g/mol. The monoisotopic (exact) mass is 320 g/mol. The van der Waals surface area contributed by atoms with Gasteiger partial charge in [-0.3, -0.25) is 0 Å². The summed E-state index contributed by atoms with van der Waals surface area (Å²) in [5, 5.41) is 23.6. The number of aromatic nitrogens is 3. The van der Waals surface area contributed by atoms with Crippen molar-refractivity contribution in [3.63, 3.8) is 0 Å². The van der Waals surface area contributed by atoms with Crippen LogP contribution in [0.1, 0.15) is 38.1 Å². The van der Waals surface area contributed by atoms with Gasteiger partial charge in [-0.1, -0.05) is 31.7 Å². The van der Waals surface area contributed by atoms with Crippen LogP contribution >= 0.6 is 11.8 Å². The highest BCUT2D eigenvalue weighted by Crippen LogP contribution is 2.29. The molecule has 0 fully saturated rings. The molecule has 0 aliphatic carbocycles. The van der Waals surface area contributed by atoms with E-state index >= 15 is 0 Å². The summed E-state index contributed by atoms with van der Waals surface area (Å²) in [4.78, 5) is 0. The van der Waals surface area contributed by atoms with E-state index in [1.54, 1.807) is 23.0 Å². The van der Waals surface area contributed by atoms with Crippen molar-refractivity contribution in [2.24, 2.45) is 5.10 Å². The molecule has 0 bridgehead atoms. The quantitative estimate of drug-likeness (QED) is 0.654. The average Bonchev–Trinajstić information content (AvgIpc) is 2.91. The van der Waals surface area contributed by atoms with E-state index in [1.165, 1.54) is 11.8 Å². The molecular weight excluding hydrogens is 300 g/mol. The van der Waals surface area contributed by atoms with Crippen molar-refractivity contribution in [2.75, 3.05) is 12.9 Å². The van der Waals surface area contributed by atoms with Gasteiger partial charge in [0.25, 0.3) is 0 Å². The Hall–Kier alpha value is -2.02. The number of rotatable bonds is 6. The third kappa shape index (κ3) is 3.41. The molecule has 0 aliphatic rings. The molecule has 7 heteroatoms. The van der Waals surface area contributed by atoms with Crippen molar-refractivity contribution in [1.82, 2.24) is 14.9 Å². The molecule has 22 heavy (non-hydrogen) atoms. The highest BCUT2D eigenvalue weighted by Gasteiger charge is 2.14. The summed E-state index contributed by atoms with van der Waals surface area (Å²) in [6.07, 6.45) is 3.51. The number of phenols is 1. The minimum Gasteiger partial charge on any atom is -0.504 e. The molecule has 6 nitrogen and oxygen atoms in total. The fraction of sp³-hybridized carbons (Fsp3) is 0.400. The van der Waals surface area contributed by atoms with Gasteiger partial charge in [0.2, 0.25) is 5.16 Å². The first-order valence-corrected chi connectivity index (χ1v) is 8.29. The molecule has 0 radical (unpaired) electrons. The molecule has 0 unspecified atom stereocenters. The van der Waals surface area contributed by atoms with E-state index in [9.17, 15) is 5.11 Å². The largest absolute Gasteiger partial charge is 0.504 e. The van der Waals surface area contributed by atoms with Gasteiger partial charge in [0, 0.05) is 11.5 Å². The zero-order valence-electron chi connectivity index (χ0n) is 13.1. The molecule has 0 atom stereocenters. The van der Waals surface area contributed by atoms with Gasteiger partial charge < -0.3 is 9.84 Å². The normalized spacial score (nSPS) is 11.5. The molecule has 0 spiro atoms. The second-order valence-electron chi connectivity index (χ2n) is 4.88. The highest BCUT2D eigenvalue weighted by molar-refractivity contribution is 7.98. The molecule has 1 heterocycles. The lowest BCUT2D eigenvalue weighted by Gasteiger charge is -2.08. The number of nitrogens with zero attached hydrogens (tertiary/aromatic N) is 4. The Kier molecular flexibility index (Phi) is 5.43. The SMILES string of the molecule is CCOc1cccc(/C=N\n2c(SC)nnc2C(C)C)c1O. The van der Waals surface area contributed by atoms with Crippen LogP contribution < -0.4 is 4.74 Å². The number of aromatic hydroxyl groups is 1. The molecule has 1 aromatic carbocycles. The van der Waals surface area contributed by atoms with E-state index in [4.69, 9.17) is 4.74 Å². The lowest BCUT2D eigenvalue weighted by Crippen LogP contribution is -2.02. The molecular formula is C15H20N4O2S. The van der Waals surface area contributed by atoms with E-state index in [0.29, 0.717) is 23.1 Å². The minimum atomic E-state index is 0.0815. The maximum Gasteiger partial charge on any atom is 0.211 e. The third-order valence-electron chi connectivity index (χ3n) is 2.98. The van der Waals surface area contributed by atoms with Crippen molar-refractivity contribution >= 4 is 18.0 Å². The number of ether oxygens (including phenoxy) is 1. The van der Waals surface area contributed by atoms with Crippen LogP contribution in [0.5, 0.6) is 11.5 Å². The predicted octanol–water partition coefficient (Wildman–Crippen LogP) is 3.11. The van der Waals surface area contributed by atoms with Gasteiger partial charge in [0.15, 0.2) is 17.3 Å². The van der Waals surface area contributed by atoms with Crippen LogP contribution in [0.2, 0.25) is 0 Å². The molecule has 0 amide bonds. The van der Waals surface area contributed by atoms with Crippen molar-refractivity contribution in [2.45, 2.75) is 31.8 Å². The number of thioether (sulfide) groups is 1. The summed E-state index contributed by atoms with van der Waals surface area (Å²) in [5.74, 6) is 1.51. The van der Waals surface area contributed by atoms with Gasteiger partial charge in [0.05, 0.1) is 12.8 Å². The van der Waals surface area contributed by atoms with Crippen LogP contribution in [0.15, 0.2) is 28.5 Å². The van der Waals surface area contributed by atoms with Crippen LogP contribution in [-0.2, 0) is 0 Å². The first-order chi connectivity index (χ1) is 10.6. The Labute approximate surface area is 134 Å². The molecule has 2 rings (SSSR count). The molecule has 0 saturated carbocycles. The van der Waals surface area contributed by atoms with E-state index in [-0.39, 0.29) is 11.7 Å². The number of para-hydroxylation sites is 1. The zero-order valence-corrected chi connectivity index (χ0v) is 14.0. The van der Waals surface area contributed by atoms with Crippen LogP contribution in [0.3, 0.4) is 0 Å². The van der Waals surface area contributed by atoms with E-state index in [1.807, 2.05) is 33.1 Å². The maximum absolute atomic E-state index is 10.2. The van der Waals surface area contributed by atoms with Crippen molar-refractivity contribution < 1.29 is 9.84 Å². The molecule has 1 aromatic heterocycles. The fourth-order valence-corrected chi connectivity index (χ4v) is 2.34. The molecule has 0 aliphatic heterocycles. The summed E-state index contributed by atoms with van der Waals surface area (Å²) < 4.78 is 7.07. The van der Waals surface area contributed by atoms with Gasteiger partial charge in [-0.25, -0.2) is 0 Å². The summed E-state index contributed by atoms with van der Waals surface area (Å²) in [5.41, 5.74) is 0.585. The predicted molar refractivity (Wildman–Crippen MR) is 88.2 cm³/mol. The Morgan fingerprint density at radius 3 is 2.82 bits per heavy atom. The topological polar surface area (TPSA) is 72.5 Å². The van der Waals surface area contributed by atoms with Crippen LogP contribution in [0.4, 0.5) is 0 Å². The van der Waals surface area contributed by atoms with Crippen molar-refractivity contribution in [3.05, 3.63) is 29.6 Å². The second-order valence-corrected chi connectivity index (χ2v) is 5.66. The standard InChI is InChI=1S/C15H20N4O2S/c1-5-21-12-8-6-7-11(13(12)20)9-16-19-14(10(2)3)17-18-15(19)22-4/h6-10,20H,5H2,1-4H3/b16-9-. The van der Waals surface area contributed by atoms with E-state index in [0.717, 1.165) is 5.82 Å². The molecule has 0 saturated heterocycles. The minimum absolute atomic E-state index is 0.0815. The summed E-state index contributed by atoms with van der Waals surface area (Å²) >= 11 is 1.47. The Bertz CT molecular complexity index is 668. The van der Waals surface area contributed by atoms with Gasteiger partial charge in [0.1, 0.15) is 0 Å². The third-order valence-corrected chi connectivity index (χ3v) is 3.60. The van der Waals surface area contributed by atoms with E-state index in [2.05, 4.69) is 15.3 Å². The lowest BCUT2D eigenvalue weighted by atomic mass is 10.2. The van der Waals surface area contributed by atoms with Crippen LogP contribution in [0.25, 0.3) is 0 Å². The Morgan fingerprint density at radius 2 is 2.18 bits per heavy atom. The zero-order chi connectivity index (χ0) is 16.1. The smallest absolute Gasteiger partial charge is 0.211 e. The Morgan fingerprint density at radius 1 is 1.41 bits per heavy atom. The molecule has 2 aromatic rings. The van der Waals surface area contributed by atoms with Crippen LogP contribution in [-0.4, -0.2) is 39.1 Å². The highest BCUT2D eigenvalue weighted by atomic mass is 32.2. The molecule has 118 valence electrons. The number of hydrogen-bond donors (Lipinski definition) is 1. The summed E-state index contributed by atoms with van der Waals surface area (Å²) in [7, 11) is 0. The maximum atomic E-state index is 10.2. The van der Waals surface area contributed by atoms with E-state index < -0.39 is 0 Å².